The van der Waals surface area contributed by atoms with Crippen molar-refractivity contribution in [1.82, 2.24) is 20.2 Å². The lowest BCUT2D eigenvalue weighted by atomic mass is 9.92. The molecule has 2 unspecified atom stereocenters. The number of methoxy groups -OCH3 is 3. The second kappa shape index (κ2) is 7.14. The van der Waals surface area contributed by atoms with Crippen molar-refractivity contribution in [2.24, 2.45) is 0 Å². The minimum absolute atomic E-state index is 0.0273. The number of nitrogens with zero attached hydrogens (tertiary/aromatic N) is 4. The number of fused-ring (bicyclic) bond motifs is 1. The van der Waals surface area contributed by atoms with Gasteiger partial charge in [-0.2, -0.15) is 0 Å². The van der Waals surface area contributed by atoms with Gasteiger partial charge in [-0.15, -0.1) is 0 Å². The Labute approximate surface area is 157 Å². The number of hydrogen-bond acceptors (Lipinski definition) is 7. The fraction of sp³-hybridized carbons (Fsp3) is 0.316. The summed E-state index contributed by atoms with van der Waals surface area (Å²) in [5.41, 5.74) is 2.08. The highest BCUT2D eigenvalue weighted by molar-refractivity contribution is 5.46. The Kier molecular flexibility index (Phi) is 4.53. The SMILES string of the molecule is COc1cccc(C2CC(c3cc(OC)ccc3OC)n3nnnc3N2)c1. The topological polar surface area (TPSA) is 83.3 Å². The van der Waals surface area contributed by atoms with Gasteiger partial charge in [0.1, 0.15) is 17.2 Å². The van der Waals surface area contributed by atoms with E-state index in [0.717, 1.165) is 34.8 Å². The summed E-state index contributed by atoms with van der Waals surface area (Å²) in [7, 11) is 4.97. The molecule has 0 fully saturated rings. The lowest BCUT2D eigenvalue weighted by molar-refractivity contribution is 0.370. The molecule has 0 spiro atoms. The number of hydrogen-bond donors (Lipinski definition) is 1. The molecular weight excluding hydrogens is 346 g/mol. The Morgan fingerprint density at radius 2 is 1.81 bits per heavy atom. The highest BCUT2D eigenvalue weighted by atomic mass is 16.5. The number of nitrogens with one attached hydrogen (secondary N) is 1. The van der Waals surface area contributed by atoms with Gasteiger partial charge < -0.3 is 19.5 Å². The molecule has 1 aliphatic heterocycles. The average Bonchev–Trinajstić information content (AvgIpc) is 3.21. The van der Waals surface area contributed by atoms with Crippen LogP contribution in [0.1, 0.15) is 29.6 Å². The van der Waals surface area contributed by atoms with Crippen molar-refractivity contribution < 1.29 is 14.2 Å². The van der Waals surface area contributed by atoms with Crippen LogP contribution in [0.25, 0.3) is 0 Å². The molecule has 4 rings (SSSR count). The third kappa shape index (κ3) is 3.14. The maximum absolute atomic E-state index is 5.59. The summed E-state index contributed by atoms with van der Waals surface area (Å²) in [6.45, 7) is 0. The number of rotatable bonds is 5. The fourth-order valence-electron chi connectivity index (χ4n) is 3.47. The molecule has 2 atom stereocenters. The third-order valence-corrected chi connectivity index (χ3v) is 4.84. The number of aromatic nitrogens is 4. The van der Waals surface area contributed by atoms with Gasteiger partial charge in [-0.3, -0.25) is 0 Å². The lowest BCUT2D eigenvalue weighted by Gasteiger charge is -2.31. The number of ether oxygens (including phenoxy) is 3. The van der Waals surface area contributed by atoms with E-state index in [4.69, 9.17) is 14.2 Å². The number of anilines is 1. The Balaban J connectivity index is 1.77. The van der Waals surface area contributed by atoms with Gasteiger partial charge in [-0.05, 0) is 52.7 Å². The van der Waals surface area contributed by atoms with Crippen molar-refractivity contribution in [2.75, 3.05) is 26.6 Å². The first-order valence-corrected chi connectivity index (χ1v) is 8.63. The maximum Gasteiger partial charge on any atom is 0.243 e. The normalized spacial score (nSPS) is 18.3. The van der Waals surface area contributed by atoms with Crippen LogP contribution in [0, 0.1) is 0 Å². The van der Waals surface area contributed by atoms with E-state index in [0.29, 0.717) is 5.95 Å². The van der Waals surface area contributed by atoms with Crippen molar-refractivity contribution in [3.63, 3.8) is 0 Å². The highest BCUT2D eigenvalue weighted by Crippen LogP contribution is 2.41. The fourth-order valence-corrected chi connectivity index (χ4v) is 3.47. The largest absolute Gasteiger partial charge is 0.497 e. The van der Waals surface area contributed by atoms with E-state index in [-0.39, 0.29) is 12.1 Å². The van der Waals surface area contributed by atoms with Crippen molar-refractivity contribution in [2.45, 2.75) is 18.5 Å². The predicted octanol–water partition coefficient (Wildman–Crippen LogP) is 2.85. The van der Waals surface area contributed by atoms with Crippen molar-refractivity contribution in [3.8, 4) is 17.2 Å². The summed E-state index contributed by atoms with van der Waals surface area (Å²) in [5.74, 6) is 2.96. The molecule has 140 valence electrons. The average molecular weight is 367 g/mol. The van der Waals surface area contributed by atoms with Crippen LogP contribution < -0.4 is 19.5 Å². The molecule has 0 aliphatic carbocycles. The molecule has 0 radical (unpaired) electrons. The minimum Gasteiger partial charge on any atom is -0.497 e. The van der Waals surface area contributed by atoms with Gasteiger partial charge >= 0.3 is 0 Å². The summed E-state index contributed by atoms with van der Waals surface area (Å²) >= 11 is 0. The van der Waals surface area contributed by atoms with Crippen LogP contribution in [-0.4, -0.2) is 41.5 Å². The van der Waals surface area contributed by atoms with E-state index < -0.39 is 0 Å². The molecule has 1 aromatic heterocycles. The summed E-state index contributed by atoms with van der Waals surface area (Å²) < 4.78 is 18.2. The van der Waals surface area contributed by atoms with Crippen LogP contribution in [-0.2, 0) is 0 Å². The Bertz CT molecular complexity index is 943. The molecule has 27 heavy (non-hydrogen) atoms. The molecule has 0 bridgehead atoms. The molecule has 0 saturated heterocycles. The van der Waals surface area contributed by atoms with E-state index in [1.54, 1.807) is 26.0 Å². The van der Waals surface area contributed by atoms with Crippen LogP contribution in [0.5, 0.6) is 17.2 Å². The molecule has 3 aromatic rings. The van der Waals surface area contributed by atoms with Crippen LogP contribution in [0.15, 0.2) is 42.5 Å². The zero-order valence-corrected chi connectivity index (χ0v) is 15.4. The molecule has 2 aromatic carbocycles. The Hall–Kier alpha value is -3.29. The molecule has 2 heterocycles. The molecule has 8 heteroatoms. The van der Waals surface area contributed by atoms with Gasteiger partial charge in [0.15, 0.2) is 0 Å². The highest BCUT2D eigenvalue weighted by Gasteiger charge is 2.32. The zero-order chi connectivity index (χ0) is 18.8. The van der Waals surface area contributed by atoms with Gasteiger partial charge in [0.2, 0.25) is 5.95 Å². The smallest absolute Gasteiger partial charge is 0.243 e. The summed E-state index contributed by atoms with van der Waals surface area (Å²) in [4.78, 5) is 0. The lowest BCUT2D eigenvalue weighted by Crippen LogP contribution is -2.28. The molecule has 1 aliphatic rings. The van der Waals surface area contributed by atoms with E-state index in [9.17, 15) is 0 Å². The number of benzene rings is 2. The van der Waals surface area contributed by atoms with Crippen molar-refractivity contribution >= 4 is 5.95 Å². The van der Waals surface area contributed by atoms with Gasteiger partial charge in [0, 0.05) is 5.56 Å². The van der Waals surface area contributed by atoms with E-state index >= 15 is 0 Å². The maximum atomic E-state index is 5.59. The van der Waals surface area contributed by atoms with Gasteiger partial charge in [0.05, 0.1) is 33.4 Å². The monoisotopic (exact) mass is 367 g/mol. The van der Waals surface area contributed by atoms with Crippen molar-refractivity contribution in [3.05, 3.63) is 53.6 Å². The first-order valence-electron chi connectivity index (χ1n) is 8.63. The third-order valence-electron chi connectivity index (χ3n) is 4.84. The van der Waals surface area contributed by atoms with E-state index in [1.165, 1.54) is 0 Å². The zero-order valence-electron chi connectivity index (χ0n) is 15.4. The quantitative estimate of drug-likeness (QED) is 0.742. The molecular formula is C19H21N5O3. The van der Waals surface area contributed by atoms with E-state index in [1.807, 2.05) is 36.4 Å². The van der Waals surface area contributed by atoms with Gasteiger partial charge in [0.25, 0.3) is 0 Å². The molecule has 1 N–H and O–H groups in total. The second-order valence-corrected chi connectivity index (χ2v) is 6.28. The number of tetrazole rings is 1. The Morgan fingerprint density at radius 1 is 1.00 bits per heavy atom. The molecule has 8 nitrogen and oxygen atoms in total. The summed E-state index contributed by atoms with van der Waals surface area (Å²) in [6.07, 6.45) is 0.745. The van der Waals surface area contributed by atoms with Gasteiger partial charge in [-0.25, -0.2) is 4.68 Å². The summed E-state index contributed by atoms with van der Waals surface area (Å²) in [5, 5.41) is 15.6. The first kappa shape index (κ1) is 17.1. The molecule has 0 saturated carbocycles. The van der Waals surface area contributed by atoms with Crippen LogP contribution in [0.4, 0.5) is 5.95 Å². The molecule has 0 amide bonds. The van der Waals surface area contributed by atoms with Crippen molar-refractivity contribution in [1.29, 1.82) is 0 Å². The van der Waals surface area contributed by atoms with E-state index in [2.05, 4.69) is 26.9 Å². The Morgan fingerprint density at radius 3 is 2.59 bits per heavy atom. The van der Waals surface area contributed by atoms with Crippen LogP contribution in [0.2, 0.25) is 0 Å². The van der Waals surface area contributed by atoms with Crippen LogP contribution >= 0.6 is 0 Å². The second-order valence-electron chi connectivity index (χ2n) is 6.28. The van der Waals surface area contributed by atoms with Gasteiger partial charge in [-0.1, -0.05) is 17.2 Å². The predicted molar refractivity (Wildman–Crippen MR) is 99.5 cm³/mol. The summed E-state index contributed by atoms with van der Waals surface area (Å²) in [6, 6.07) is 13.7. The minimum atomic E-state index is -0.0995. The standard InChI is InChI=1S/C19H21N5O3/c1-25-13-6-4-5-12(9-13)16-11-17(24-19(20-16)21-22-23-24)15-10-14(26-2)7-8-18(15)27-3/h4-10,16-17H,11H2,1-3H3,(H,20,21,23). The van der Waals surface area contributed by atoms with Crippen LogP contribution in [0.3, 0.4) is 0 Å². The first-order chi connectivity index (χ1) is 13.2.